The van der Waals surface area contributed by atoms with Crippen molar-refractivity contribution in [2.45, 2.75) is 12.4 Å². The number of hydrogen-bond acceptors (Lipinski definition) is 5. The molecule has 80 valence electrons. The summed E-state index contributed by atoms with van der Waals surface area (Å²) in [6.07, 6.45) is 0.868. The van der Waals surface area contributed by atoms with Crippen molar-refractivity contribution in [1.82, 2.24) is 10.2 Å². The molecule has 0 spiro atoms. The second-order valence-electron chi connectivity index (χ2n) is 2.29. The van der Waals surface area contributed by atoms with E-state index < -0.39 is 28.2 Å². The first-order valence-corrected chi connectivity index (χ1v) is 4.87. The van der Waals surface area contributed by atoms with Crippen molar-refractivity contribution in [3.63, 3.8) is 0 Å². The molecular formula is C5H5F2N2NaO4S. The Balaban J connectivity index is 0.00000196. The minimum atomic E-state index is -4.55. The molecule has 10 heteroatoms. The van der Waals surface area contributed by atoms with Crippen LogP contribution in [0.1, 0.15) is 5.69 Å². The van der Waals surface area contributed by atoms with E-state index in [2.05, 4.69) is 14.9 Å². The van der Waals surface area contributed by atoms with Crippen LogP contribution in [0.5, 0.6) is 5.75 Å². The van der Waals surface area contributed by atoms with Gasteiger partial charge in [0.1, 0.15) is 10.1 Å². The van der Waals surface area contributed by atoms with Gasteiger partial charge in [0.15, 0.2) is 5.75 Å². The number of halogens is 2. The first-order chi connectivity index (χ1) is 6.38. The molecule has 0 saturated carbocycles. The molecule has 0 aliphatic carbocycles. The van der Waals surface area contributed by atoms with E-state index in [1.807, 2.05) is 0 Å². The first kappa shape index (κ1) is 14.8. The number of hydrogen-bond donors (Lipinski definition) is 1. The Bertz CT molecular complexity index is 407. The van der Waals surface area contributed by atoms with Crippen molar-refractivity contribution in [1.29, 1.82) is 0 Å². The topological polar surface area (TPSA) is 95.1 Å². The SMILES string of the molecule is O=S(=O)([O-])Cc1[nH]ncc1OC(F)F.[Na+]. The number of rotatable bonds is 4. The molecule has 0 aromatic carbocycles. The molecule has 0 bridgehead atoms. The van der Waals surface area contributed by atoms with Gasteiger partial charge in [0.2, 0.25) is 0 Å². The maximum atomic E-state index is 11.7. The molecule has 1 N–H and O–H groups in total. The number of aromatic nitrogens is 2. The molecule has 0 aliphatic rings. The van der Waals surface area contributed by atoms with Crippen LogP contribution in [-0.2, 0) is 15.9 Å². The Morgan fingerprint density at radius 2 is 2.20 bits per heavy atom. The van der Waals surface area contributed by atoms with Crippen LogP contribution in [0.4, 0.5) is 8.78 Å². The molecule has 0 atom stereocenters. The Kier molecular flexibility index (Phi) is 5.67. The molecule has 15 heavy (non-hydrogen) atoms. The molecule has 0 aliphatic heterocycles. The normalized spacial score (nSPS) is 11.2. The van der Waals surface area contributed by atoms with Crippen LogP contribution in [0.25, 0.3) is 0 Å². The second kappa shape index (κ2) is 5.75. The Labute approximate surface area is 106 Å². The summed E-state index contributed by atoms with van der Waals surface area (Å²) in [6, 6.07) is 0. The van der Waals surface area contributed by atoms with Crippen LogP contribution in [-0.4, -0.2) is 29.8 Å². The summed E-state index contributed by atoms with van der Waals surface area (Å²) in [4.78, 5) is 0. The standard InChI is InChI=1S/C5H6F2N2O4S.Na/c6-5(7)13-4-1-8-9-3(4)2-14(10,11)12;/h1,5H,2H2,(H,8,9)(H,10,11,12);/q;+1/p-1. The van der Waals surface area contributed by atoms with Crippen LogP contribution in [0, 0.1) is 0 Å². The predicted octanol–water partition coefficient (Wildman–Crippen LogP) is -2.94. The van der Waals surface area contributed by atoms with Gasteiger partial charge in [-0.05, 0) is 0 Å². The van der Waals surface area contributed by atoms with Crippen LogP contribution >= 0.6 is 0 Å². The van der Waals surface area contributed by atoms with Gasteiger partial charge in [0, 0.05) is 0 Å². The summed E-state index contributed by atoms with van der Waals surface area (Å²) >= 11 is 0. The average Bonchev–Trinajstić information content (AvgIpc) is 2.32. The van der Waals surface area contributed by atoms with Crippen LogP contribution in [0.3, 0.4) is 0 Å². The number of alkyl halides is 2. The van der Waals surface area contributed by atoms with Gasteiger partial charge in [-0.2, -0.15) is 13.9 Å². The monoisotopic (exact) mass is 250 g/mol. The zero-order valence-electron chi connectivity index (χ0n) is 7.61. The van der Waals surface area contributed by atoms with Crippen LogP contribution in [0.2, 0.25) is 0 Å². The van der Waals surface area contributed by atoms with E-state index in [1.165, 1.54) is 0 Å². The van der Waals surface area contributed by atoms with E-state index in [-0.39, 0.29) is 35.3 Å². The number of nitrogens with zero attached hydrogens (tertiary/aromatic N) is 1. The molecule has 1 rings (SSSR count). The van der Waals surface area contributed by atoms with Gasteiger partial charge in [-0.15, -0.1) is 0 Å². The molecule has 0 fully saturated rings. The Morgan fingerprint density at radius 3 is 2.67 bits per heavy atom. The van der Waals surface area contributed by atoms with Gasteiger partial charge in [-0.25, -0.2) is 8.42 Å². The fourth-order valence-corrected chi connectivity index (χ4v) is 1.34. The molecule has 1 aromatic heterocycles. The summed E-state index contributed by atoms with van der Waals surface area (Å²) in [5.74, 6) is -1.41. The van der Waals surface area contributed by atoms with Gasteiger partial charge < -0.3 is 9.29 Å². The fourth-order valence-electron chi connectivity index (χ4n) is 0.780. The minimum Gasteiger partial charge on any atom is -0.748 e. The Morgan fingerprint density at radius 1 is 1.60 bits per heavy atom. The van der Waals surface area contributed by atoms with Crippen molar-refractivity contribution < 1.29 is 56.0 Å². The fraction of sp³-hybridized carbons (Fsp3) is 0.400. The van der Waals surface area contributed by atoms with Crippen molar-refractivity contribution >= 4 is 10.1 Å². The van der Waals surface area contributed by atoms with Gasteiger partial charge in [0.25, 0.3) is 0 Å². The van der Waals surface area contributed by atoms with Gasteiger partial charge in [0.05, 0.1) is 17.6 Å². The van der Waals surface area contributed by atoms with E-state index in [1.54, 1.807) is 0 Å². The summed E-state index contributed by atoms with van der Waals surface area (Å²) in [6.45, 7) is -3.10. The molecule has 0 unspecified atom stereocenters. The second-order valence-corrected chi connectivity index (χ2v) is 3.70. The zero-order chi connectivity index (χ0) is 10.8. The zero-order valence-corrected chi connectivity index (χ0v) is 10.4. The van der Waals surface area contributed by atoms with Crippen molar-refractivity contribution in [2.75, 3.05) is 0 Å². The smallest absolute Gasteiger partial charge is 0.748 e. The number of ether oxygens (including phenoxy) is 1. The van der Waals surface area contributed by atoms with Gasteiger partial charge in [-0.3, -0.25) is 5.10 Å². The van der Waals surface area contributed by atoms with Gasteiger partial charge >= 0.3 is 36.2 Å². The predicted molar refractivity (Wildman–Crippen MR) is 38.6 cm³/mol. The van der Waals surface area contributed by atoms with E-state index in [4.69, 9.17) is 0 Å². The maximum absolute atomic E-state index is 11.7. The summed E-state index contributed by atoms with van der Waals surface area (Å²) in [5.41, 5.74) is -0.291. The largest absolute Gasteiger partial charge is 1.00 e. The number of H-pyrrole nitrogens is 1. The average molecular weight is 250 g/mol. The van der Waals surface area contributed by atoms with E-state index in [9.17, 15) is 21.8 Å². The molecular weight excluding hydrogens is 245 g/mol. The molecule has 1 aromatic rings. The van der Waals surface area contributed by atoms with Crippen molar-refractivity contribution in [2.24, 2.45) is 0 Å². The summed E-state index contributed by atoms with van der Waals surface area (Å²) in [5, 5.41) is 5.35. The van der Waals surface area contributed by atoms with Crippen molar-refractivity contribution in [3.05, 3.63) is 11.9 Å². The van der Waals surface area contributed by atoms with Crippen LogP contribution in [0.15, 0.2) is 6.20 Å². The van der Waals surface area contributed by atoms with E-state index in [0.717, 1.165) is 6.20 Å². The number of nitrogens with one attached hydrogen (secondary N) is 1. The molecule has 6 nitrogen and oxygen atoms in total. The third-order valence-electron chi connectivity index (χ3n) is 1.22. The maximum Gasteiger partial charge on any atom is 1.00 e. The van der Waals surface area contributed by atoms with Crippen LogP contribution < -0.4 is 34.3 Å². The number of aromatic amines is 1. The summed E-state index contributed by atoms with van der Waals surface area (Å²) in [7, 11) is -4.55. The van der Waals surface area contributed by atoms with Gasteiger partial charge in [-0.1, -0.05) is 0 Å². The van der Waals surface area contributed by atoms with E-state index >= 15 is 0 Å². The first-order valence-electron chi connectivity index (χ1n) is 3.29. The molecule has 0 radical (unpaired) electrons. The molecule has 0 amide bonds. The third-order valence-corrected chi connectivity index (χ3v) is 1.86. The Hall–Kier alpha value is -0.220. The quantitative estimate of drug-likeness (QED) is 0.455. The summed E-state index contributed by atoms with van der Waals surface area (Å²) < 4.78 is 58.2. The van der Waals surface area contributed by atoms with Crippen molar-refractivity contribution in [3.8, 4) is 5.75 Å². The third kappa shape index (κ3) is 5.42. The molecule has 1 heterocycles. The minimum absolute atomic E-state index is 0. The van der Waals surface area contributed by atoms with E-state index in [0.29, 0.717) is 0 Å². The molecule has 0 saturated heterocycles.